The number of hydrogen-bond acceptors (Lipinski definition) is 8. The minimum Gasteiger partial charge on any atom is -0.490 e. The SMILES string of the molecule is CC[C@@H]1CC/C=C\[C@H](O[C@@H]2CCOC2=O)[C@@H]2CC[C@H]2CN2C[C@@]3(CCCc4cc(Cl)ccc43)COc3ccc(cc32)C(=O)NS1(=O)=O. The number of fused-ring (bicyclic) bond motifs is 4. The van der Waals surface area contributed by atoms with Gasteiger partial charge in [-0.05, 0) is 105 Å². The zero-order valence-corrected chi connectivity index (χ0v) is 28.4. The lowest BCUT2D eigenvalue weighted by Crippen LogP contribution is -2.50. The lowest BCUT2D eigenvalue weighted by Gasteiger charge is -2.46. The number of nitrogens with one attached hydrogen (secondary N) is 1. The normalized spacial score (nSPS) is 32.6. The molecular formula is C36H43ClN2O7S. The van der Waals surface area contributed by atoms with Crippen LogP contribution in [0.2, 0.25) is 5.02 Å². The van der Waals surface area contributed by atoms with E-state index in [9.17, 15) is 18.0 Å². The summed E-state index contributed by atoms with van der Waals surface area (Å²) < 4.78 is 47.4. The molecule has 0 aromatic heterocycles. The van der Waals surface area contributed by atoms with Gasteiger partial charge in [0, 0.05) is 35.5 Å². The van der Waals surface area contributed by atoms with Crippen molar-refractivity contribution >= 4 is 39.2 Å². The van der Waals surface area contributed by atoms with Crippen molar-refractivity contribution in [3.8, 4) is 5.75 Å². The number of amides is 1. The Balaban J connectivity index is 1.29. The van der Waals surface area contributed by atoms with Crippen LogP contribution in [0.15, 0.2) is 48.6 Å². The standard InChI is InChI=1S/C36H43ClN2O7S/c1-2-27-7-3-4-8-31(46-33-15-17-44-35(33)41)28-12-9-25(28)20-39-21-36(16-5-6-23-18-26(37)11-13-29(23)36)22-45-32-14-10-24(19-30(32)39)34(40)38-47(27,42)43/h4,8,10-11,13-14,18-19,25,27-28,31,33H,2-3,5-7,9,12,15-17,20-22H2,1H3,(H,38,40)/b8-4-/t25-,27+,28+,31-,33+,36-/m0/s1. The van der Waals surface area contributed by atoms with Gasteiger partial charge in [0.15, 0.2) is 6.10 Å². The maximum Gasteiger partial charge on any atom is 0.335 e. The van der Waals surface area contributed by atoms with Gasteiger partial charge in [-0.2, -0.15) is 0 Å². The number of carbonyl (C=O) groups is 2. The summed E-state index contributed by atoms with van der Waals surface area (Å²) in [5.74, 6) is 0.160. The summed E-state index contributed by atoms with van der Waals surface area (Å²) in [5.41, 5.74) is 3.26. The summed E-state index contributed by atoms with van der Waals surface area (Å²) in [4.78, 5) is 28.3. The molecule has 1 saturated carbocycles. The number of esters is 1. The first-order chi connectivity index (χ1) is 22.7. The number of carbonyl (C=O) groups excluding carboxylic acids is 2. The number of halogens is 1. The second-order valence-electron chi connectivity index (χ2n) is 13.8. The fourth-order valence-corrected chi connectivity index (χ4v) is 9.86. The summed E-state index contributed by atoms with van der Waals surface area (Å²) in [6.07, 6.45) is 9.76. The van der Waals surface area contributed by atoms with Crippen LogP contribution < -0.4 is 14.4 Å². The summed E-state index contributed by atoms with van der Waals surface area (Å²) in [7, 11) is -3.93. The molecule has 252 valence electrons. The second-order valence-corrected chi connectivity index (χ2v) is 16.2. The number of sulfonamides is 1. The number of allylic oxidation sites excluding steroid dienone is 1. The van der Waals surface area contributed by atoms with E-state index in [4.69, 9.17) is 25.8 Å². The molecule has 1 amide bonds. The highest BCUT2D eigenvalue weighted by Crippen LogP contribution is 2.47. The van der Waals surface area contributed by atoms with Crippen LogP contribution in [0.25, 0.3) is 0 Å². The van der Waals surface area contributed by atoms with E-state index in [0.717, 1.165) is 42.8 Å². The van der Waals surface area contributed by atoms with Crippen molar-refractivity contribution in [2.45, 2.75) is 87.6 Å². The van der Waals surface area contributed by atoms with E-state index in [0.29, 0.717) is 57.7 Å². The molecule has 2 fully saturated rings. The van der Waals surface area contributed by atoms with Gasteiger partial charge >= 0.3 is 5.97 Å². The Hall–Kier alpha value is -3.08. The molecule has 47 heavy (non-hydrogen) atoms. The fraction of sp³-hybridized carbons (Fsp3) is 0.556. The summed E-state index contributed by atoms with van der Waals surface area (Å²) in [6, 6.07) is 11.4. The third kappa shape index (κ3) is 6.41. The van der Waals surface area contributed by atoms with Crippen molar-refractivity contribution in [1.82, 2.24) is 4.72 Å². The zero-order valence-electron chi connectivity index (χ0n) is 26.8. The largest absolute Gasteiger partial charge is 0.490 e. The lowest BCUT2D eigenvalue weighted by molar-refractivity contribution is -0.152. The first-order valence-electron chi connectivity index (χ1n) is 17.0. The molecule has 3 aliphatic heterocycles. The Labute approximate surface area is 282 Å². The van der Waals surface area contributed by atoms with Gasteiger partial charge in [-0.25, -0.2) is 17.9 Å². The molecule has 2 aliphatic carbocycles. The van der Waals surface area contributed by atoms with Crippen LogP contribution in [0.1, 0.15) is 79.8 Å². The second kappa shape index (κ2) is 13.1. The number of nitrogens with zero attached hydrogens (tertiary/aromatic N) is 1. The molecule has 9 nitrogen and oxygen atoms in total. The molecule has 1 saturated heterocycles. The summed E-state index contributed by atoms with van der Waals surface area (Å²) in [6.45, 7) is 4.04. The van der Waals surface area contributed by atoms with Crippen molar-refractivity contribution in [2.24, 2.45) is 11.8 Å². The van der Waals surface area contributed by atoms with Gasteiger partial charge in [-0.3, -0.25) is 4.79 Å². The highest BCUT2D eigenvalue weighted by molar-refractivity contribution is 7.90. The predicted molar refractivity (Wildman–Crippen MR) is 180 cm³/mol. The average Bonchev–Trinajstić information content (AvgIpc) is 3.36. The van der Waals surface area contributed by atoms with Crippen molar-refractivity contribution in [3.05, 3.63) is 70.3 Å². The van der Waals surface area contributed by atoms with E-state index < -0.39 is 27.3 Å². The van der Waals surface area contributed by atoms with Gasteiger partial charge in [0.2, 0.25) is 10.0 Å². The van der Waals surface area contributed by atoms with Gasteiger partial charge in [0.05, 0.1) is 30.3 Å². The molecule has 0 radical (unpaired) electrons. The maximum atomic E-state index is 13.5. The van der Waals surface area contributed by atoms with Crippen LogP contribution in [0.3, 0.4) is 0 Å². The van der Waals surface area contributed by atoms with E-state index in [1.54, 1.807) is 18.2 Å². The van der Waals surface area contributed by atoms with Crippen molar-refractivity contribution < 1.29 is 32.2 Å². The summed E-state index contributed by atoms with van der Waals surface area (Å²) >= 11 is 6.43. The minimum atomic E-state index is -3.93. The smallest absolute Gasteiger partial charge is 0.335 e. The van der Waals surface area contributed by atoms with E-state index in [1.807, 2.05) is 25.1 Å². The monoisotopic (exact) mass is 682 g/mol. The Morgan fingerprint density at radius 1 is 1.09 bits per heavy atom. The molecular weight excluding hydrogens is 640 g/mol. The quantitative estimate of drug-likeness (QED) is 0.323. The molecule has 1 N–H and O–H groups in total. The van der Waals surface area contributed by atoms with E-state index >= 15 is 0 Å². The third-order valence-corrected chi connectivity index (χ3v) is 13.1. The molecule has 0 unspecified atom stereocenters. The Morgan fingerprint density at radius 3 is 2.72 bits per heavy atom. The van der Waals surface area contributed by atoms with Crippen molar-refractivity contribution in [2.75, 3.05) is 31.2 Å². The molecule has 2 aromatic carbocycles. The van der Waals surface area contributed by atoms with E-state index in [-0.39, 0.29) is 34.9 Å². The van der Waals surface area contributed by atoms with Crippen molar-refractivity contribution in [1.29, 1.82) is 0 Å². The van der Waals surface area contributed by atoms with Crippen LogP contribution in [0, 0.1) is 11.8 Å². The Bertz CT molecular complexity index is 1680. The molecule has 5 aliphatic rings. The molecule has 2 aromatic rings. The molecule has 1 spiro atoms. The highest BCUT2D eigenvalue weighted by Gasteiger charge is 2.45. The van der Waals surface area contributed by atoms with Crippen LogP contribution in [-0.4, -0.2) is 64.1 Å². The zero-order chi connectivity index (χ0) is 32.8. The first-order valence-corrected chi connectivity index (χ1v) is 18.9. The number of anilines is 1. The number of benzene rings is 2. The number of ether oxygens (including phenoxy) is 3. The van der Waals surface area contributed by atoms with Crippen LogP contribution in [-0.2, 0) is 36.1 Å². The topological polar surface area (TPSA) is 111 Å². The minimum absolute atomic E-state index is 0.172. The maximum absolute atomic E-state index is 13.5. The highest BCUT2D eigenvalue weighted by atomic mass is 35.5. The van der Waals surface area contributed by atoms with Gasteiger partial charge in [-0.15, -0.1) is 0 Å². The molecule has 2 bridgehead atoms. The number of cyclic esters (lactones) is 1. The van der Waals surface area contributed by atoms with E-state index in [1.165, 1.54) is 11.1 Å². The van der Waals surface area contributed by atoms with Gasteiger partial charge < -0.3 is 19.1 Å². The van der Waals surface area contributed by atoms with Crippen LogP contribution >= 0.6 is 11.6 Å². The average molecular weight is 683 g/mol. The fourth-order valence-electron chi connectivity index (χ4n) is 8.23. The van der Waals surface area contributed by atoms with Crippen molar-refractivity contribution in [3.63, 3.8) is 0 Å². The summed E-state index contributed by atoms with van der Waals surface area (Å²) in [5, 5.41) is -0.00728. The predicted octanol–water partition coefficient (Wildman–Crippen LogP) is 5.73. The molecule has 7 rings (SSSR count). The number of hydrogen-bond donors (Lipinski definition) is 1. The Kier molecular flexibility index (Phi) is 9.04. The van der Waals surface area contributed by atoms with Crippen LogP contribution in [0.4, 0.5) is 5.69 Å². The molecule has 6 atom stereocenters. The van der Waals surface area contributed by atoms with Crippen LogP contribution in [0.5, 0.6) is 5.75 Å². The third-order valence-electron chi connectivity index (χ3n) is 11.0. The van der Waals surface area contributed by atoms with E-state index in [2.05, 4.69) is 21.8 Å². The van der Waals surface area contributed by atoms with Gasteiger partial charge in [0.1, 0.15) is 5.75 Å². The Morgan fingerprint density at radius 2 is 1.96 bits per heavy atom. The molecule has 11 heteroatoms. The van der Waals surface area contributed by atoms with Gasteiger partial charge in [-0.1, -0.05) is 36.7 Å². The first kappa shape index (κ1) is 32.5. The van der Waals surface area contributed by atoms with Gasteiger partial charge in [0.25, 0.3) is 5.91 Å². The number of aryl methyl sites for hydroxylation is 1. The molecule has 3 heterocycles. The lowest BCUT2D eigenvalue weighted by atomic mass is 9.68. The number of rotatable bonds is 3.